The molecule has 0 aliphatic heterocycles. The number of hydrogen-bond acceptors (Lipinski definition) is 1. The van der Waals surface area contributed by atoms with Crippen LogP contribution in [0.15, 0.2) is 0 Å². The second-order valence-corrected chi connectivity index (χ2v) is 6.49. The van der Waals surface area contributed by atoms with Gasteiger partial charge in [-0.25, -0.2) is 0 Å². The van der Waals surface area contributed by atoms with E-state index in [0.717, 1.165) is 5.92 Å². The maximum absolute atomic E-state index is 3.71. The van der Waals surface area contributed by atoms with Crippen LogP contribution in [0, 0.1) is 16.7 Å². The van der Waals surface area contributed by atoms with Crippen LogP contribution in [-0.2, 0) is 0 Å². The van der Waals surface area contributed by atoms with Crippen LogP contribution >= 0.6 is 0 Å². The van der Waals surface area contributed by atoms with Crippen LogP contribution in [0.2, 0.25) is 0 Å². The van der Waals surface area contributed by atoms with E-state index in [4.69, 9.17) is 0 Å². The molecule has 0 aromatic carbocycles. The third kappa shape index (κ3) is 2.73. The smallest absolute Gasteiger partial charge is 0.00875 e. The van der Waals surface area contributed by atoms with Gasteiger partial charge in [-0.1, -0.05) is 34.6 Å². The van der Waals surface area contributed by atoms with Gasteiger partial charge in [0.2, 0.25) is 0 Å². The van der Waals surface area contributed by atoms with Crippen molar-refractivity contribution in [3.63, 3.8) is 0 Å². The first-order chi connectivity index (χ1) is 6.28. The van der Waals surface area contributed by atoms with Gasteiger partial charge in [0.15, 0.2) is 0 Å². The van der Waals surface area contributed by atoms with E-state index in [9.17, 15) is 0 Å². The average molecular weight is 197 g/mol. The third-order valence-electron chi connectivity index (χ3n) is 4.18. The van der Waals surface area contributed by atoms with Gasteiger partial charge in [0.25, 0.3) is 0 Å². The fraction of sp³-hybridized carbons (Fsp3) is 1.00. The van der Waals surface area contributed by atoms with Crippen molar-refractivity contribution >= 4 is 0 Å². The highest BCUT2D eigenvalue weighted by Crippen LogP contribution is 2.51. The Bertz CT molecular complexity index is 184. The molecule has 0 aromatic rings. The van der Waals surface area contributed by atoms with Crippen molar-refractivity contribution in [3.05, 3.63) is 0 Å². The molecule has 0 spiro atoms. The Morgan fingerprint density at radius 3 is 1.93 bits per heavy atom. The minimum Gasteiger partial charge on any atom is -0.313 e. The monoisotopic (exact) mass is 197 g/mol. The van der Waals surface area contributed by atoms with Crippen molar-refractivity contribution in [3.8, 4) is 0 Å². The first-order valence-electron chi connectivity index (χ1n) is 6.01. The lowest BCUT2D eigenvalue weighted by molar-refractivity contribution is 0.247. The van der Waals surface area contributed by atoms with Crippen LogP contribution < -0.4 is 5.32 Å². The Hall–Kier alpha value is -0.0400. The average Bonchev–Trinajstić information content (AvgIpc) is 2.78. The van der Waals surface area contributed by atoms with Crippen LogP contribution in [-0.4, -0.2) is 12.6 Å². The highest BCUT2D eigenvalue weighted by atomic mass is 14.9. The van der Waals surface area contributed by atoms with Crippen molar-refractivity contribution in [2.45, 2.75) is 60.4 Å². The topological polar surface area (TPSA) is 12.0 Å². The summed E-state index contributed by atoms with van der Waals surface area (Å²) in [6.45, 7) is 15.1. The quantitative estimate of drug-likeness (QED) is 0.728. The lowest BCUT2D eigenvalue weighted by Crippen LogP contribution is -2.41. The van der Waals surface area contributed by atoms with Crippen molar-refractivity contribution in [2.24, 2.45) is 16.7 Å². The summed E-state index contributed by atoms with van der Waals surface area (Å²) < 4.78 is 0. The van der Waals surface area contributed by atoms with Crippen molar-refractivity contribution in [2.75, 3.05) is 6.54 Å². The molecule has 0 bridgehead atoms. The van der Waals surface area contributed by atoms with Gasteiger partial charge in [-0.15, -0.1) is 0 Å². The first kappa shape index (κ1) is 12.0. The Morgan fingerprint density at radius 2 is 1.64 bits per heavy atom. The van der Waals surface area contributed by atoms with Crippen molar-refractivity contribution in [1.82, 2.24) is 5.32 Å². The summed E-state index contributed by atoms with van der Waals surface area (Å²) in [7, 11) is 0. The first-order valence-corrected chi connectivity index (χ1v) is 6.01. The van der Waals surface area contributed by atoms with E-state index in [-0.39, 0.29) is 0 Å². The van der Waals surface area contributed by atoms with Gasteiger partial charge >= 0.3 is 0 Å². The molecule has 1 N–H and O–H groups in total. The minimum atomic E-state index is 0.382. The summed E-state index contributed by atoms with van der Waals surface area (Å²) in [4.78, 5) is 0. The van der Waals surface area contributed by atoms with Gasteiger partial charge in [0.05, 0.1) is 0 Å². The zero-order valence-electron chi connectivity index (χ0n) is 10.8. The van der Waals surface area contributed by atoms with Crippen LogP contribution in [0.1, 0.15) is 54.4 Å². The molecule has 1 fully saturated rings. The number of nitrogens with one attached hydrogen (secondary N) is 1. The zero-order valence-corrected chi connectivity index (χ0v) is 10.8. The van der Waals surface area contributed by atoms with Crippen LogP contribution in [0.25, 0.3) is 0 Å². The number of rotatable bonds is 4. The van der Waals surface area contributed by atoms with E-state index in [1.807, 2.05) is 0 Å². The molecule has 0 heterocycles. The van der Waals surface area contributed by atoms with Gasteiger partial charge in [0.1, 0.15) is 0 Å². The lowest BCUT2D eigenvalue weighted by Gasteiger charge is -2.31. The summed E-state index contributed by atoms with van der Waals surface area (Å²) >= 11 is 0. The molecule has 1 aliphatic carbocycles. The highest BCUT2D eigenvalue weighted by Gasteiger charge is 2.45. The summed E-state index contributed by atoms with van der Waals surface area (Å²) in [5.74, 6) is 0.835. The number of hydrogen-bond donors (Lipinski definition) is 1. The Kier molecular flexibility index (Phi) is 3.30. The van der Waals surface area contributed by atoms with E-state index in [2.05, 4.69) is 46.9 Å². The maximum Gasteiger partial charge on any atom is 0.00875 e. The summed E-state index contributed by atoms with van der Waals surface area (Å²) in [5, 5.41) is 3.71. The lowest BCUT2D eigenvalue weighted by atomic mass is 9.86. The standard InChI is InChI=1S/C13H27N/c1-10(2)13(7-8-13)9-14-11(3)12(4,5)6/h10-11,14H,7-9H2,1-6H3. The molecular weight excluding hydrogens is 170 g/mol. The molecule has 1 saturated carbocycles. The van der Waals surface area contributed by atoms with E-state index >= 15 is 0 Å². The molecule has 1 nitrogen and oxygen atoms in total. The SMILES string of the molecule is CC(NCC1(C(C)C)CC1)C(C)(C)C. The Morgan fingerprint density at radius 1 is 1.14 bits per heavy atom. The molecule has 0 aromatic heterocycles. The molecule has 0 saturated heterocycles. The third-order valence-corrected chi connectivity index (χ3v) is 4.18. The summed E-state index contributed by atoms with van der Waals surface area (Å²) in [5.41, 5.74) is 1.02. The second kappa shape index (κ2) is 3.84. The fourth-order valence-electron chi connectivity index (χ4n) is 1.78. The maximum atomic E-state index is 3.71. The molecular formula is C13H27N. The normalized spacial score (nSPS) is 22.5. The fourth-order valence-corrected chi connectivity index (χ4v) is 1.78. The Labute approximate surface area is 89.7 Å². The van der Waals surface area contributed by atoms with Gasteiger partial charge in [-0.2, -0.15) is 0 Å². The molecule has 1 heteroatoms. The molecule has 1 aliphatic rings. The zero-order chi connectivity index (χ0) is 11.0. The molecule has 1 unspecified atom stereocenters. The predicted molar refractivity (Wildman–Crippen MR) is 63.4 cm³/mol. The van der Waals surface area contributed by atoms with Gasteiger partial charge in [-0.05, 0) is 36.5 Å². The van der Waals surface area contributed by atoms with Crippen molar-refractivity contribution < 1.29 is 0 Å². The van der Waals surface area contributed by atoms with Crippen LogP contribution in [0.5, 0.6) is 0 Å². The Balaban J connectivity index is 2.34. The van der Waals surface area contributed by atoms with Crippen molar-refractivity contribution in [1.29, 1.82) is 0 Å². The molecule has 1 atom stereocenters. The van der Waals surface area contributed by atoms with Gasteiger partial charge in [-0.3, -0.25) is 0 Å². The van der Waals surface area contributed by atoms with Crippen LogP contribution in [0.3, 0.4) is 0 Å². The van der Waals surface area contributed by atoms with Gasteiger partial charge < -0.3 is 5.32 Å². The highest BCUT2D eigenvalue weighted by molar-refractivity contribution is 4.98. The largest absolute Gasteiger partial charge is 0.313 e. The second-order valence-electron chi connectivity index (χ2n) is 6.49. The van der Waals surface area contributed by atoms with E-state index in [1.165, 1.54) is 19.4 Å². The minimum absolute atomic E-state index is 0.382. The molecule has 0 radical (unpaired) electrons. The summed E-state index contributed by atoms with van der Waals surface area (Å²) in [6, 6.07) is 0.610. The van der Waals surface area contributed by atoms with E-state index in [1.54, 1.807) is 0 Å². The predicted octanol–water partition coefficient (Wildman–Crippen LogP) is 3.45. The molecule has 1 rings (SSSR count). The van der Waals surface area contributed by atoms with E-state index < -0.39 is 0 Å². The van der Waals surface area contributed by atoms with E-state index in [0.29, 0.717) is 16.9 Å². The molecule has 14 heavy (non-hydrogen) atoms. The molecule has 84 valence electrons. The summed E-state index contributed by atoms with van der Waals surface area (Å²) in [6.07, 6.45) is 2.85. The van der Waals surface area contributed by atoms with Crippen LogP contribution in [0.4, 0.5) is 0 Å². The molecule has 0 amide bonds. The van der Waals surface area contributed by atoms with Gasteiger partial charge in [0, 0.05) is 12.6 Å².